The highest BCUT2D eigenvalue weighted by Gasteiger charge is 2.09. The molecule has 0 aliphatic carbocycles. The molecular weight excluding hydrogens is 268 g/mol. The number of benzene rings is 1. The average molecular weight is 286 g/mol. The number of aromatic nitrogens is 1. The summed E-state index contributed by atoms with van der Waals surface area (Å²) >= 11 is 0. The highest BCUT2D eigenvalue weighted by molar-refractivity contribution is 5.96. The molecule has 0 atom stereocenters. The third-order valence-corrected chi connectivity index (χ3v) is 3.23. The zero-order valence-corrected chi connectivity index (χ0v) is 12.1. The normalized spacial score (nSPS) is 10.2. The van der Waals surface area contributed by atoms with Gasteiger partial charge in [0.2, 0.25) is 6.41 Å². The van der Waals surface area contributed by atoms with E-state index in [1.807, 2.05) is 43.1 Å². The maximum atomic E-state index is 10.2. The number of rotatable bonds is 6. The third kappa shape index (κ3) is 3.47. The van der Waals surface area contributed by atoms with E-state index in [0.29, 0.717) is 30.2 Å². The highest BCUT2D eigenvalue weighted by atomic mass is 16.5. The molecule has 2 aromatic rings. The van der Waals surface area contributed by atoms with E-state index in [1.165, 1.54) is 0 Å². The lowest BCUT2D eigenvalue weighted by molar-refractivity contribution is -0.109. The fourth-order valence-electron chi connectivity index (χ4n) is 1.85. The van der Waals surface area contributed by atoms with Crippen LogP contribution in [0, 0.1) is 5.41 Å². The summed E-state index contributed by atoms with van der Waals surface area (Å²) in [4.78, 5) is 12.1. The highest BCUT2D eigenvalue weighted by Crippen LogP contribution is 2.20. The molecule has 0 saturated heterocycles. The summed E-state index contributed by atoms with van der Waals surface area (Å²) in [6, 6.07) is 9.38. The fraction of sp³-hybridized carbons (Fsp3) is 0.267. The standard InChI is InChI=1S/C15H18N4O2/c1-3-19(2)15(16)12-6-4-11(5-7-12)14-8-13(21-18-14)9-17-10-20/h4-8,10,16H,3,9H2,1-2H3,(H,17,20). The molecule has 110 valence electrons. The lowest BCUT2D eigenvalue weighted by Crippen LogP contribution is -2.26. The van der Waals surface area contributed by atoms with Gasteiger partial charge in [0.15, 0.2) is 5.76 Å². The molecule has 0 fully saturated rings. The van der Waals surface area contributed by atoms with E-state index in [0.717, 1.165) is 17.7 Å². The second-order valence-corrected chi connectivity index (χ2v) is 4.62. The topological polar surface area (TPSA) is 82.2 Å². The first-order valence-electron chi connectivity index (χ1n) is 6.68. The van der Waals surface area contributed by atoms with Crippen LogP contribution in [0.25, 0.3) is 11.3 Å². The van der Waals surface area contributed by atoms with E-state index in [1.54, 1.807) is 6.07 Å². The molecule has 0 saturated carbocycles. The molecule has 6 nitrogen and oxygen atoms in total. The molecule has 0 aliphatic rings. The molecule has 6 heteroatoms. The van der Waals surface area contributed by atoms with Gasteiger partial charge in [0, 0.05) is 30.8 Å². The summed E-state index contributed by atoms with van der Waals surface area (Å²) in [6.45, 7) is 3.12. The lowest BCUT2D eigenvalue weighted by Gasteiger charge is -2.17. The minimum Gasteiger partial charge on any atom is -0.360 e. The van der Waals surface area contributed by atoms with Gasteiger partial charge < -0.3 is 14.7 Å². The zero-order valence-electron chi connectivity index (χ0n) is 12.1. The van der Waals surface area contributed by atoms with Gasteiger partial charge in [-0.25, -0.2) is 0 Å². The number of nitrogens with zero attached hydrogens (tertiary/aromatic N) is 2. The number of amidine groups is 1. The van der Waals surface area contributed by atoms with Crippen molar-refractivity contribution in [3.63, 3.8) is 0 Å². The van der Waals surface area contributed by atoms with Gasteiger partial charge in [0.25, 0.3) is 0 Å². The summed E-state index contributed by atoms with van der Waals surface area (Å²) < 4.78 is 5.13. The van der Waals surface area contributed by atoms with Crippen LogP contribution in [0.4, 0.5) is 0 Å². The number of amides is 1. The first-order chi connectivity index (χ1) is 10.2. The summed E-state index contributed by atoms with van der Waals surface area (Å²) in [7, 11) is 1.89. The Kier molecular flexibility index (Phi) is 4.71. The molecule has 0 spiro atoms. The maximum Gasteiger partial charge on any atom is 0.207 e. The van der Waals surface area contributed by atoms with Gasteiger partial charge in [-0.15, -0.1) is 0 Å². The van der Waals surface area contributed by atoms with E-state index in [4.69, 9.17) is 9.93 Å². The van der Waals surface area contributed by atoms with Crippen LogP contribution in [0.1, 0.15) is 18.2 Å². The van der Waals surface area contributed by atoms with Crippen molar-refractivity contribution in [1.82, 2.24) is 15.4 Å². The van der Waals surface area contributed by atoms with Crippen LogP contribution in [-0.2, 0) is 11.3 Å². The van der Waals surface area contributed by atoms with Crippen LogP contribution in [0.3, 0.4) is 0 Å². The zero-order chi connectivity index (χ0) is 15.2. The van der Waals surface area contributed by atoms with Crippen LogP contribution < -0.4 is 5.32 Å². The second kappa shape index (κ2) is 6.69. The molecule has 1 heterocycles. The van der Waals surface area contributed by atoms with Crippen molar-refractivity contribution in [3.05, 3.63) is 41.7 Å². The Morgan fingerprint density at radius 2 is 2.14 bits per heavy atom. The molecule has 1 aromatic heterocycles. The Bertz CT molecular complexity index is 619. The van der Waals surface area contributed by atoms with E-state index in [2.05, 4.69) is 10.5 Å². The molecule has 2 rings (SSSR count). The first-order valence-corrected chi connectivity index (χ1v) is 6.68. The van der Waals surface area contributed by atoms with Crippen molar-refractivity contribution in [2.75, 3.05) is 13.6 Å². The van der Waals surface area contributed by atoms with Crippen LogP contribution in [0.5, 0.6) is 0 Å². The largest absolute Gasteiger partial charge is 0.360 e. The number of nitrogens with one attached hydrogen (secondary N) is 2. The van der Waals surface area contributed by atoms with E-state index < -0.39 is 0 Å². The van der Waals surface area contributed by atoms with Gasteiger partial charge in [-0.3, -0.25) is 10.2 Å². The lowest BCUT2D eigenvalue weighted by atomic mass is 10.1. The minimum absolute atomic E-state index is 0.320. The van der Waals surface area contributed by atoms with Gasteiger partial charge in [-0.1, -0.05) is 29.4 Å². The number of hydrogen-bond acceptors (Lipinski definition) is 4. The third-order valence-electron chi connectivity index (χ3n) is 3.23. The molecule has 0 unspecified atom stereocenters. The SMILES string of the molecule is CCN(C)C(=N)c1ccc(-c2cc(CNC=O)on2)cc1. The molecule has 0 aliphatic heterocycles. The van der Waals surface area contributed by atoms with Gasteiger partial charge in [0.05, 0.1) is 6.54 Å². The Labute approximate surface area is 123 Å². The summed E-state index contributed by atoms with van der Waals surface area (Å²) in [6.07, 6.45) is 0.618. The Balaban J connectivity index is 2.13. The van der Waals surface area contributed by atoms with Crippen molar-refractivity contribution < 1.29 is 9.32 Å². The number of carbonyl (C=O) groups excluding carboxylic acids is 1. The van der Waals surface area contributed by atoms with Crippen molar-refractivity contribution in [1.29, 1.82) is 5.41 Å². The van der Waals surface area contributed by atoms with Crippen LogP contribution >= 0.6 is 0 Å². The summed E-state index contributed by atoms with van der Waals surface area (Å²) in [5.41, 5.74) is 2.47. The van der Waals surface area contributed by atoms with Crippen molar-refractivity contribution in [2.24, 2.45) is 0 Å². The summed E-state index contributed by atoms with van der Waals surface area (Å²) in [5, 5.41) is 14.5. The Morgan fingerprint density at radius 3 is 2.76 bits per heavy atom. The van der Waals surface area contributed by atoms with Gasteiger partial charge in [-0.05, 0) is 6.92 Å². The Hall–Kier alpha value is -2.63. The number of carbonyl (C=O) groups is 1. The maximum absolute atomic E-state index is 10.2. The molecule has 21 heavy (non-hydrogen) atoms. The quantitative estimate of drug-likeness (QED) is 0.482. The van der Waals surface area contributed by atoms with Crippen LogP contribution in [0.15, 0.2) is 34.9 Å². The van der Waals surface area contributed by atoms with E-state index in [9.17, 15) is 4.79 Å². The predicted molar refractivity (Wildman–Crippen MR) is 80.0 cm³/mol. The molecular formula is C15H18N4O2. The smallest absolute Gasteiger partial charge is 0.207 e. The molecule has 0 radical (unpaired) electrons. The van der Waals surface area contributed by atoms with Crippen molar-refractivity contribution in [3.8, 4) is 11.3 Å². The second-order valence-electron chi connectivity index (χ2n) is 4.62. The van der Waals surface area contributed by atoms with Crippen molar-refractivity contribution >= 4 is 12.2 Å². The minimum atomic E-state index is 0.320. The van der Waals surface area contributed by atoms with Crippen LogP contribution in [0.2, 0.25) is 0 Å². The number of hydrogen-bond donors (Lipinski definition) is 2. The monoisotopic (exact) mass is 286 g/mol. The average Bonchev–Trinajstić information content (AvgIpc) is 3.00. The molecule has 1 amide bonds. The van der Waals surface area contributed by atoms with Gasteiger partial charge in [-0.2, -0.15) is 0 Å². The van der Waals surface area contributed by atoms with E-state index >= 15 is 0 Å². The predicted octanol–water partition coefficient (Wildman–Crippen LogP) is 1.86. The van der Waals surface area contributed by atoms with E-state index in [-0.39, 0.29) is 0 Å². The van der Waals surface area contributed by atoms with Gasteiger partial charge >= 0.3 is 0 Å². The van der Waals surface area contributed by atoms with Gasteiger partial charge in [0.1, 0.15) is 11.5 Å². The molecule has 1 aromatic carbocycles. The molecule has 2 N–H and O–H groups in total. The first kappa shape index (κ1) is 14.8. The van der Waals surface area contributed by atoms with Crippen molar-refractivity contribution in [2.45, 2.75) is 13.5 Å². The summed E-state index contributed by atoms with van der Waals surface area (Å²) in [5.74, 6) is 1.08. The Morgan fingerprint density at radius 1 is 1.43 bits per heavy atom. The molecule has 0 bridgehead atoms. The van der Waals surface area contributed by atoms with Crippen LogP contribution in [-0.4, -0.2) is 35.9 Å². The fourth-order valence-corrected chi connectivity index (χ4v) is 1.85.